The molecule has 150 valence electrons. The molecule has 0 fully saturated rings. The average Bonchev–Trinajstić information content (AvgIpc) is 3.21. The van der Waals surface area contributed by atoms with E-state index in [9.17, 15) is 9.59 Å². The minimum atomic E-state index is -0.151. The molecular weight excluding hydrogens is 368 g/mol. The van der Waals surface area contributed by atoms with Gasteiger partial charge in [0.15, 0.2) is 11.5 Å². The van der Waals surface area contributed by atoms with Gasteiger partial charge >= 0.3 is 0 Å². The van der Waals surface area contributed by atoms with Crippen molar-refractivity contribution in [1.82, 2.24) is 10.5 Å². The largest absolute Gasteiger partial charge is 0.497 e. The molecule has 0 bridgehead atoms. The summed E-state index contributed by atoms with van der Waals surface area (Å²) < 4.78 is 10.6. The molecule has 1 aromatic heterocycles. The number of hydrogen-bond acceptors (Lipinski definition) is 5. The van der Waals surface area contributed by atoms with E-state index in [1.165, 1.54) is 0 Å². The summed E-state index contributed by atoms with van der Waals surface area (Å²) in [5.74, 6) is 1.21. The Morgan fingerprint density at radius 3 is 2.62 bits per heavy atom. The molecule has 6 heteroatoms. The fraction of sp³-hybridized carbons (Fsp3) is 0.261. The minimum absolute atomic E-state index is 0.0282. The molecule has 1 N–H and O–H groups in total. The van der Waals surface area contributed by atoms with Gasteiger partial charge < -0.3 is 14.6 Å². The summed E-state index contributed by atoms with van der Waals surface area (Å²) in [5.41, 5.74) is 3.36. The van der Waals surface area contributed by atoms with Gasteiger partial charge in [-0.1, -0.05) is 47.1 Å². The standard InChI is InChI=1S/C23H24N2O4/c1-16-6-8-17(9-7-16)21(26)10-11-23(27)24-13-12-19-15-22(29-25-19)18-4-3-5-20(14-18)28-2/h3-9,14-15H,10-13H2,1-2H3,(H,24,27). The maximum absolute atomic E-state index is 12.1. The number of rotatable bonds is 9. The summed E-state index contributed by atoms with van der Waals surface area (Å²) in [4.78, 5) is 24.1. The van der Waals surface area contributed by atoms with Gasteiger partial charge in [0.2, 0.25) is 5.91 Å². The van der Waals surface area contributed by atoms with E-state index in [0.717, 1.165) is 22.6 Å². The number of hydrogen-bond donors (Lipinski definition) is 1. The summed E-state index contributed by atoms with van der Waals surface area (Å²) >= 11 is 0. The van der Waals surface area contributed by atoms with E-state index in [2.05, 4.69) is 10.5 Å². The average molecular weight is 392 g/mol. The first-order valence-corrected chi connectivity index (χ1v) is 9.52. The molecule has 0 atom stereocenters. The van der Waals surface area contributed by atoms with E-state index in [-0.39, 0.29) is 24.5 Å². The maximum atomic E-state index is 12.1. The van der Waals surface area contributed by atoms with Crippen LogP contribution in [0.25, 0.3) is 11.3 Å². The van der Waals surface area contributed by atoms with Crippen molar-refractivity contribution in [3.8, 4) is 17.1 Å². The Hall–Kier alpha value is -3.41. The third kappa shape index (κ3) is 5.78. The van der Waals surface area contributed by atoms with Gasteiger partial charge in [-0.3, -0.25) is 9.59 Å². The molecule has 0 aliphatic rings. The number of ether oxygens (including phenoxy) is 1. The fourth-order valence-electron chi connectivity index (χ4n) is 2.87. The lowest BCUT2D eigenvalue weighted by Gasteiger charge is -2.04. The molecule has 29 heavy (non-hydrogen) atoms. The molecule has 0 saturated carbocycles. The van der Waals surface area contributed by atoms with E-state index in [0.29, 0.717) is 24.3 Å². The third-order valence-corrected chi connectivity index (χ3v) is 4.57. The summed E-state index contributed by atoms with van der Waals surface area (Å²) in [5, 5.41) is 6.87. The van der Waals surface area contributed by atoms with Crippen molar-refractivity contribution in [3.63, 3.8) is 0 Å². The van der Waals surface area contributed by atoms with Crippen LogP contribution in [0.15, 0.2) is 59.1 Å². The SMILES string of the molecule is COc1cccc(-c2cc(CCNC(=O)CCC(=O)c3ccc(C)cc3)no2)c1. The molecular formula is C23H24N2O4. The second kappa shape index (κ2) is 9.68. The number of benzene rings is 2. The van der Waals surface area contributed by atoms with Crippen LogP contribution in [0.1, 0.15) is 34.5 Å². The topological polar surface area (TPSA) is 81.4 Å². The number of nitrogens with zero attached hydrogens (tertiary/aromatic N) is 1. The van der Waals surface area contributed by atoms with E-state index >= 15 is 0 Å². The van der Waals surface area contributed by atoms with Crippen molar-refractivity contribution in [2.45, 2.75) is 26.2 Å². The van der Waals surface area contributed by atoms with Crippen LogP contribution >= 0.6 is 0 Å². The summed E-state index contributed by atoms with van der Waals surface area (Å²) in [6, 6.07) is 16.8. The molecule has 3 rings (SSSR count). The quantitative estimate of drug-likeness (QED) is 0.557. The predicted octanol–water partition coefficient (Wildman–Crippen LogP) is 3.98. The highest BCUT2D eigenvalue weighted by molar-refractivity contribution is 5.97. The Morgan fingerprint density at radius 2 is 1.86 bits per heavy atom. The van der Waals surface area contributed by atoms with Crippen LogP contribution in [0.4, 0.5) is 0 Å². The number of amides is 1. The first kappa shape index (κ1) is 20.3. The number of nitrogens with one attached hydrogen (secondary N) is 1. The van der Waals surface area contributed by atoms with Crippen LogP contribution in [0.5, 0.6) is 5.75 Å². The van der Waals surface area contributed by atoms with Crippen molar-refractivity contribution in [2.24, 2.45) is 0 Å². The smallest absolute Gasteiger partial charge is 0.220 e. The second-order valence-electron chi connectivity index (χ2n) is 6.80. The lowest BCUT2D eigenvalue weighted by atomic mass is 10.0. The number of carbonyl (C=O) groups is 2. The first-order valence-electron chi connectivity index (χ1n) is 9.52. The van der Waals surface area contributed by atoms with E-state index in [4.69, 9.17) is 9.26 Å². The lowest BCUT2D eigenvalue weighted by Crippen LogP contribution is -2.26. The number of Topliss-reactive ketones (excluding diaryl/α,β-unsaturated/α-hetero) is 1. The number of carbonyl (C=O) groups excluding carboxylic acids is 2. The zero-order valence-corrected chi connectivity index (χ0v) is 16.6. The number of aromatic nitrogens is 1. The van der Waals surface area contributed by atoms with Gasteiger partial charge in [-0.25, -0.2) is 0 Å². The number of methoxy groups -OCH3 is 1. The third-order valence-electron chi connectivity index (χ3n) is 4.57. The summed E-state index contributed by atoms with van der Waals surface area (Å²) in [6.45, 7) is 2.40. The van der Waals surface area contributed by atoms with Crippen LogP contribution in [-0.4, -0.2) is 30.5 Å². The maximum Gasteiger partial charge on any atom is 0.220 e. The Balaban J connectivity index is 1.43. The highest BCUT2D eigenvalue weighted by Crippen LogP contribution is 2.24. The van der Waals surface area contributed by atoms with Gasteiger partial charge in [0.05, 0.1) is 12.8 Å². The van der Waals surface area contributed by atoms with Crippen molar-refractivity contribution in [3.05, 3.63) is 71.4 Å². The zero-order valence-electron chi connectivity index (χ0n) is 16.6. The molecule has 0 unspecified atom stereocenters. The monoisotopic (exact) mass is 392 g/mol. The second-order valence-corrected chi connectivity index (χ2v) is 6.80. The minimum Gasteiger partial charge on any atom is -0.497 e. The predicted molar refractivity (Wildman–Crippen MR) is 110 cm³/mol. The van der Waals surface area contributed by atoms with Gasteiger partial charge in [0.25, 0.3) is 0 Å². The molecule has 6 nitrogen and oxygen atoms in total. The van der Waals surface area contributed by atoms with Crippen LogP contribution < -0.4 is 10.1 Å². The molecule has 0 saturated heterocycles. The summed E-state index contributed by atoms with van der Waals surface area (Å²) in [6.07, 6.45) is 0.907. The van der Waals surface area contributed by atoms with Gasteiger partial charge in [0, 0.05) is 43.0 Å². The fourth-order valence-corrected chi connectivity index (χ4v) is 2.87. The molecule has 3 aromatic rings. The van der Waals surface area contributed by atoms with Gasteiger partial charge in [-0.05, 0) is 19.1 Å². The van der Waals surface area contributed by atoms with Gasteiger partial charge in [-0.15, -0.1) is 0 Å². The molecule has 1 amide bonds. The van der Waals surface area contributed by atoms with Crippen molar-refractivity contribution >= 4 is 11.7 Å². The van der Waals surface area contributed by atoms with Gasteiger partial charge in [-0.2, -0.15) is 0 Å². The zero-order chi connectivity index (χ0) is 20.6. The van der Waals surface area contributed by atoms with E-state index in [1.807, 2.05) is 49.4 Å². The van der Waals surface area contributed by atoms with E-state index < -0.39 is 0 Å². The lowest BCUT2D eigenvalue weighted by molar-refractivity contribution is -0.121. The molecule has 0 spiro atoms. The highest BCUT2D eigenvalue weighted by atomic mass is 16.5. The van der Waals surface area contributed by atoms with Crippen LogP contribution in [0, 0.1) is 6.92 Å². The highest BCUT2D eigenvalue weighted by Gasteiger charge is 2.11. The Kier molecular flexibility index (Phi) is 6.79. The first-order chi connectivity index (χ1) is 14.0. The molecule has 1 heterocycles. The van der Waals surface area contributed by atoms with Crippen molar-refractivity contribution in [2.75, 3.05) is 13.7 Å². The van der Waals surface area contributed by atoms with Crippen LogP contribution in [0.3, 0.4) is 0 Å². The van der Waals surface area contributed by atoms with Gasteiger partial charge in [0.1, 0.15) is 5.75 Å². The molecule has 0 radical (unpaired) electrons. The Bertz CT molecular complexity index is 977. The van der Waals surface area contributed by atoms with Crippen molar-refractivity contribution < 1.29 is 18.8 Å². The van der Waals surface area contributed by atoms with Crippen LogP contribution in [0.2, 0.25) is 0 Å². The summed E-state index contributed by atoms with van der Waals surface area (Å²) in [7, 11) is 1.61. The molecule has 0 aliphatic carbocycles. The molecule has 0 aliphatic heterocycles. The number of ketones is 1. The number of aryl methyl sites for hydroxylation is 1. The van der Waals surface area contributed by atoms with Crippen molar-refractivity contribution in [1.29, 1.82) is 0 Å². The molecule has 2 aromatic carbocycles. The van der Waals surface area contributed by atoms with Crippen LogP contribution in [-0.2, 0) is 11.2 Å². The normalized spacial score (nSPS) is 10.6. The Labute approximate surface area is 169 Å². The van der Waals surface area contributed by atoms with E-state index in [1.54, 1.807) is 19.2 Å². The Morgan fingerprint density at radius 1 is 1.07 bits per heavy atom.